The van der Waals surface area contributed by atoms with Crippen LogP contribution in [0.15, 0.2) is 48.9 Å². The summed E-state index contributed by atoms with van der Waals surface area (Å²) in [6.07, 6.45) is 5.59. The Balaban J connectivity index is 2.15. The molecule has 0 unspecified atom stereocenters. The molecule has 0 aliphatic rings. The Morgan fingerprint density at radius 2 is 2.00 bits per heavy atom. The summed E-state index contributed by atoms with van der Waals surface area (Å²) in [4.78, 5) is 17.8. The van der Waals surface area contributed by atoms with Gasteiger partial charge in [-0.25, -0.2) is 9.97 Å². The van der Waals surface area contributed by atoms with Crippen LogP contribution in [0.4, 0.5) is 11.6 Å². The second kappa shape index (κ2) is 5.53. The van der Waals surface area contributed by atoms with Gasteiger partial charge < -0.3 is 5.32 Å². The van der Waals surface area contributed by atoms with Crippen LogP contribution in [-0.2, 0) is 0 Å². The topological polar surface area (TPSA) is 81.0 Å². The molecule has 0 spiro atoms. The molecule has 0 radical (unpaired) electrons. The van der Waals surface area contributed by atoms with Crippen LogP contribution in [0.2, 0.25) is 0 Å². The third-order valence-electron chi connectivity index (χ3n) is 2.10. The Hall–Kier alpha value is -2.76. The molecule has 2 rings (SSSR count). The van der Waals surface area contributed by atoms with E-state index in [1.54, 1.807) is 36.7 Å². The molecule has 0 saturated carbocycles. The molecular weight excluding hydrogens is 232 g/mol. The summed E-state index contributed by atoms with van der Waals surface area (Å²) in [7, 11) is 0. The van der Waals surface area contributed by atoms with Gasteiger partial charge in [0, 0.05) is 24.2 Å². The number of benzene rings is 1. The zero-order valence-electron chi connectivity index (χ0n) is 9.35. The molecule has 0 aliphatic heterocycles. The predicted octanol–water partition coefficient (Wildman–Crippen LogP) is 2.47. The van der Waals surface area contributed by atoms with Gasteiger partial charge in [0.05, 0.1) is 4.92 Å². The van der Waals surface area contributed by atoms with E-state index in [1.807, 2.05) is 6.07 Å². The normalized spacial score (nSPS) is 10.4. The van der Waals surface area contributed by atoms with Crippen molar-refractivity contribution in [2.45, 2.75) is 0 Å². The van der Waals surface area contributed by atoms with Crippen molar-refractivity contribution in [2.75, 3.05) is 5.32 Å². The highest BCUT2D eigenvalue weighted by molar-refractivity contribution is 5.60. The maximum atomic E-state index is 10.2. The molecule has 18 heavy (non-hydrogen) atoms. The average Bonchev–Trinajstić information content (AvgIpc) is 2.38. The summed E-state index contributed by atoms with van der Waals surface area (Å²) < 4.78 is 0. The second-order valence-electron chi connectivity index (χ2n) is 3.42. The maximum Gasteiger partial charge on any atom is 0.235 e. The first-order valence-electron chi connectivity index (χ1n) is 5.20. The first-order chi connectivity index (χ1) is 8.74. The van der Waals surface area contributed by atoms with Crippen molar-refractivity contribution >= 4 is 17.7 Å². The van der Waals surface area contributed by atoms with E-state index in [1.165, 1.54) is 6.08 Å². The van der Waals surface area contributed by atoms with Gasteiger partial charge in [-0.15, -0.1) is 0 Å². The largest absolute Gasteiger partial charge is 0.324 e. The fraction of sp³-hybridized carbons (Fsp3) is 0. The molecule has 1 aromatic heterocycles. The summed E-state index contributed by atoms with van der Waals surface area (Å²) in [5.41, 5.74) is 1.50. The van der Waals surface area contributed by atoms with E-state index in [9.17, 15) is 10.1 Å². The van der Waals surface area contributed by atoms with E-state index in [-0.39, 0.29) is 0 Å². The van der Waals surface area contributed by atoms with Crippen molar-refractivity contribution in [1.82, 2.24) is 9.97 Å². The van der Waals surface area contributed by atoms with Gasteiger partial charge in [-0.3, -0.25) is 10.1 Å². The van der Waals surface area contributed by atoms with Crippen molar-refractivity contribution in [3.05, 3.63) is 64.6 Å². The average molecular weight is 242 g/mol. The summed E-state index contributed by atoms with van der Waals surface area (Å²) in [6, 6.07) is 8.90. The Bertz CT molecular complexity index is 569. The minimum absolute atomic E-state index is 0.480. The Kier molecular flexibility index (Phi) is 3.60. The van der Waals surface area contributed by atoms with Crippen LogP contribution in [0.3, 0.4) is 0 Å². The summed E-state index contributed by atoms with van der Waals surface area (Å²) in [6.45, 7) is 0. The van der Waals surface area contributed by atoms with Gasteiger partial charge in [0.15, 0.2) is 0 Å². The van der Waals surface area contributed by atoms with Gasteiger partial charge in [0.25, 0.3) is 0 Å². The number of rotatable bonds is 4. The minimum Gasteiger partial charge on any atom is -0.324 e. The molecule has 0 bridgehead atoms. The zero-order valence-corrected chi connectivity index (χ0v) is 9.35. The molecule has 6 nitrogen and oxygen atoms in total. The summed E-state index contributed by atoms with van der Waals surface area (Å²) in [5.74, 6) is 0.480. The van der Waals surface area contributed by atoms with E-state index in [0.29, 0.717) is 5.95 Å². The van der Waals surface area contributed by atoms with Crippen molar-refractivity contribution in [3.63, 3.8) is 0 Å². The van der Waals surface area contributed by atoms with Gasteiger partial charge in [-0.05, 0) is 23.8 Å². The molecule has 0 amide bonds. The minimum atomic E-state index is -0.500. The van der Waals surface area contributed by atoms with Gasteiger partial charge in [-0.1, -0.05) is 12.1 Å². The number of anilines is 2. The smallest absolute Gasteiger partial charge is 0.235 e. The lowest BCUT2D eigenvalue weighted by Crippen LogP contribution is -1.95. The van der Waals surface area contributed by atoms with Crippen LogP contribution in [0.1, 0.15) is 5.56 Å². The van der Waals surface area contributed by atoms with E-state index in [4.69, 9.17) is 0 Å². The van der Waals surface area contributed by atoms with E-state index in [2.05, 4.69) is 15.3 Å². The van der Waals surface area contributed by atoms with Gasteiger partial charge in [0.1, 0.15) is 0 Å². The number of hydrogen-bond acceptors (Lipinski definition) is 5. The van der Waals surface area contributed by atoms with Crippen LogP contribution >= 0.6 is 0 Å². The van der Waals surface area contributed by atoms with Crippen LogP contribution in [-0.4, -0.2) is 14.9 Å². The molecule has 0 saturated heterocycles. The van der Waals surface area contributed by atoms with Crippen LogP contribution in [0.25, 0.3) is 6.08 Å². The highest BCUT2D eigenvalue weighted by atomic mass is 16.6. The number of nitro groups is 1. The Morgan fingerprint density at radius 1 is 1.22 bits per heavy atom. The van der Waals surface area contributed by atoms with E-state index in [0.717, 1.165) is 17.5 Å². The standard InChI is InChI=1S/C12H10N4O2/c17-16(18)8-5-10-3-1-4-11(9-10)15-12-13-6-2-7-14-12/h1-9H,(H,13,14,15)/b8-5+. The fourth-order valence-electron chi connectivity index (χ4n) is 1.36. The molecule has 0 aliphatic carbocycles. The van der Waals surface area contributed by atoms with E-state index >= 15 is 0 Å². The van der Waals surface area contributed by atoms with Gasteiger partial charge in [-0.2, -0.15) is 0 Å². The second-order valence-corrected chi connectivity index (χ2v) is 3.42. The number of nitrogens with zero attached hydrogens (tertiary/aromatic N) is 3. The van der Waals surface area contributed by atoms with Crippen LogP contribution in [0, 0.1) is 10.1 Å². The quantitative estimate of drug-likeness (QED) is 0.658. The number of hydrogen-bond donors (Lipinski definition) is 1. The maximum absolute atomic E-state index is 10.2. The van der Waals surface area contributed by atoms with Crippen LogP contribution in [0.5, 0.6) is 0 Å². The number of aromatic nitrogens is 2. The van der Waals surface area contributed by atoms with E-state index < -0.39 is 4.92 Å². The monoisotopic (exact) mass is 242 g/mol. The molecule has 90 valence electrons. The van der Waals surface area contributed by atoms with Crippen molar-refractivity contribution in [3.8, 4) is 0 Å². The Labute approximate surface area is 103 Å². The first-order valence-corrected chi connectivity index (χ1v) is 5.20. The van der Waals surface area contributed by atoms with Gasteiger partial charge >= 0.3 is 0 Å². The third kappa shape index (κ3) is 3.38. The highest BCUT2D eigenvalue weighted by Gasteiger charge is 1.97. The molecule has 1 aromatic carbocycles. The number of nitrogens with one attached hydrogen (secondary N) is 1. The zero-order chi connectivity index (χ0) is 12.8. The summed E-state index contributed by atoms with van der Waals surface area (Å²) in [5, 5.41) is 13.2. The molecule has 0 fully saturated rings. The lowest BCUT2D eigenvalue weighted by atomic mass is 10.2. The third-order valence-corrected chi connectivity index (χ3v) is 2.10. The first kappa shape index (κ1) is 11.7. The van der Waals surface area contributed by atoms with Gasteiger partial charge in [0.2, 0.25) is 12.1 Å². The van der Waals surface area contributed by atoms with Crippen molar-refractivity contribution in [1.29, 1.82) is 0 Å². The molecule has 1 heterocycles. The molecule has 2 aromatic rings. The fourth-order valence-corrected chi connectivity index (χ4v) is 1.36. The molecular formula is C12H10N4O2. The molecule has 0 atom stereocenters. The van der Waals surface area contributed by atoms with Crippen molar-refractivity contribution < 1.29 is 4.92 Å². The predicted molar refractivity (Wildman–Crippen MR) is 67.8 cm³/mol. The SMILES string of the molecule is O=[N+]([O-])/C=C/c1cccc(Nc2ncccn2)c1. The lowest BCUT2D eigenvalue weighted by Gasteiger charge is -2.04. The molecule has 1 N–H and O–H groups in total. The Morgan fingerprint density at radius 3 is 2.72 bits per heavy atom. The molecule has 6 heteroatoms. The summed E-state index contributed by atoms with van der Waals surface area (Å²) >= 11 is 0. The lowest BCUT2D eigenvalue weighted by molar-refractivity contribution is -0.400. The van der Waals surface area contributed by atoms with Crippen LogP contribution < -0.4 is 5.32 Å². The van der Waals surface area contributed by atoms with Crippen molar-refractivity contribution in [2.24, 2.45) is 0 Å². The highest BCUT2D eigenvalue weighted by Crippen LogP contribution is 2.15.